The van der Waals surface area contributed by atoms with Crippen LogP contribution in [0.2, 0.25) is 0 Å². The zero-order valence-corrected chi connectivity index (χ0v) is 14.5. The normalized spacial score (nSPS) is 10.9. The lowest BCUT2D eigenvalue weighted by atomic mass is 10.1. The second-order valence-electron chi connectivity index (χ2n) is 6.44. The first-order valence-electron chi connectivity index (χ1n) is 7.58. The van der Waals surface area contributed by atoms with Crippen molar-refractivity contribution in [2.45, 2.75) is 33.2 Å². The van der Waals surface area contributed by atoms with Gasteiger partial charge in [0.25, 0.3) is 0 Å². The van der Waals surface area contributed by atoms with E-state index in [0.29, 0.717) is 11.4 Å². The molecule has 0 aliphatic rings. The van der Waals surface area contributed by atoms with E-state index in [9.17, 15) is 14.9 Å². The molecule has 132 valence electrons. The van der Waals surface area contributed by atoms with Gasteiger partial charge in [0.15, 0.2) is 0 Å². The average Bonchev–Trinajstić information content (AvgIpc) is 2.47. The lowest BCUT2D eigenvalue weighted by molar-refractivity contribution is -0.383. The van der Waals surface area contributed by atoms with Crippen molar-refractivity contribution in [1.82, 2.24) is 9.97 Å². The highest BCUT2D eigenvalue weighted by atomic mass is 16.6. The number of rotatable bonds is 5. The molecule has 0 spiro atoms. The van der Waals surface area contributed by atoms with Crippen molar-refractivity contribution in [3.63, 3.8) is 0 Å². The number of aromatic nitrogens is 2. The topological polar surface area (TPSA) is 122 Å². The molecule has 0 atom stereocenters. The van der Waals surface area contributed by atoms with Crippen LogP contribution < -0.4 is 16.0 Å². The molecule has 1 aromatic heterocycles. The minimum atomic E-state index is -0.526. The van der Waals surface area contributed by atoms with E-state index in [-0.39, 0.29) is 23.2 Å². The van der Waals surface area contributed by atoms with Crippen molar-refractivity contribution >= 4 is 34.6 Å². The Morgan fingerprint density at radius 1 is 1.08 bits per heavy atom. The van der Waals surface area contributed by atoms with Gasteiger partial charge < -0.3 is 16.0 Å². The van der Waals surface area contributed by atoms with Crippen LogP contribution >= 0.6 is 0 Å². The molecule has 0 aliphatic heterocycles. The smallest absolute Gasteiger partial charge is 0.353 e. The van der Waals surface area contributed by atoms with Crippen molar-refractivity contribution < 1.29 is 9.72 Å². The SMILES string of the molecule is CC(=O)Nc1ccc(Nc2ncnc(NC(C)(C)C)c2[N+](=O)[O-])cc1. The second-order valence-corrected chi connectivity index (χ2v) is 6.44. The summed E-state index contributed by atoms with van der Waals surface area (Å²) in [6, 6.07) is 6.75. The second kappa shape index (κ2) is 7.12. The Bertz CT molecular complexity index is 783. The van der Waals surface area contributed by atoms with Gasteiger partial charge >= 0.3 is 5.69 Å². The molecule has 2 rings (SSSR count). The summed E-state index contributed by atoms with van der Waals surface area (Å²) in [5.74, 6) is 0.0499. The van der Waals surface area contributed by atoms with Crippen LogP contribution in [0.25, 0.3) is 0 Å². The molecule has 9 heteroatoms. The highest BCUT2D eigenvalue weighted by molar-refractivity contribution is 5.89. The van der Waals surface area contributed by atoms with Crippen LogP contribution in [0.1, 0.15) is 27.7 Å². The van der Waals surface area contributed by atoms with E-state index in [2.05, 4.69) is 25.9 Å². The molecule has 0 saturated heterocycles. The van der Waals surface area contributed by atoms with Crippen LogP contribution in [-0.4, -0.2) is 26.3 Å². The van der Waals surface area contributed by atoms with Gasteiger partial charge in [-0.1, -0.05) is 0 Å². The van der Waals surface area contributed by atoms with Gasteiger partial charge in [0.05, 0.1) is 4.92 Å². The molecule has 0 aliphatic carbocycles. The van der Waals surface area contributed by atoms with E-state index in [0.717, 1.165) is 0 Å². The van der Waals surface area contributed by atoms with Gasteiger partial charge in [-0.3, -0.25) is 14.9 Å². The fraction of sp³-hybridized carbons (Fsp3) is 0.312. The molecule has 1 amide bonds. The minimum absolute atomic E-state index is 0.0824. The zero-order valence-electron chi connectivity index (χ0n) is 14.5. The fourth-order valence-corrected chi connectivity index (χ4v) is 2.07. The highest BCUT2D eigenvalue weighted by Gasteiger charge is 2.25. The molecule has 1 heterocycles. The standard InChI is InChI=1S/C16H20N6O3/c1-10(23)19-11-5-7-12(8-6-11)20-14-13(22(24)25)15(18-9-17-14)21-16(2,3)4/h5-9H,1-4H3,(H,19,23)(H2,17,18,20,21). The number of carbonyl (C=O) groups is 1. The Morgan fingerprint density at radius 3 is 2.16 bits per heavy atom. The first-order chi connectivity index (χ1) is 11.7. The van der Waals surface area contributed by atoms with Crippen LogP contribution in [-0.2, 0) is 4.79 Å². The van der Waals surface area contributed by atoms with Gasteiger partial charge in [0.1, 0.15) is 6.33 Å². The summed E-state index contributed by atoms with van der Waals surface area (Å²) in [5.41, 5.74) is 0.599. The van der Waals surface area contributed by atoms with Gasteiger partial charge in [-0.15, -0.1) is 0 Å². The van der Waals surface area contributed by atoms with Crippen LogP contribution in [0.4, 0.5) is 28.7 Å². The monoisotopic (exact) mass is 344 g/mol. The van der Waals surface area contributed by atoms with Crippen molar-refractivity contribution in [3.8, 4) is 0 Å². The van der Waals surface area contributed by atoms with E-state index >= 15 is 0 Å². The number of nitro groups is 1. The van der Waals surface area contributed by atoms with Crippen LogP contribution in [0.3, 0.4) is 0 Å². The molecule has 2 aromatic rings. The summed E-state index contributed by atoms with van der Waals surface area (Å²) in [6.07, 6.45) is 1.26. The number of amides is 1. The van der Waals surface area contributed by atoms with Gasteiger partial charge in [0.2, 0.25) is 17.5 Å². The molecule has 3 N–H and O–H groups in total. The largest absolute Gasteiger partial charge is 0.360 e. The maximum absolute atomic E-state index is 11.5. The Hall–Kier alpha value is -3.23. The lowest BCUT2D eigenvalue weighted by Crippen LogP contribution is -2.27. The summed E-state index contributed by atoms with van der Waals surface area (Å²) < 4.78 is 0. The molecule has 0 radical (unpaired) electrons. The van der Waals surface area contributed by atoms with Crippen molar-refractivity contribution in [2.75, 3.05) is 16.0 Å². The predicted octanol–water partition coefficient (Wildman–Crippen LogP) is 3.30. The summed E-state index contributed by atoms with van der Waals surface area (Å²) in [5, 5.41) is 20.1. The maximum atomic E-state index is 11.5. The van der Waals surface area contributed by atoms with Crippen LogP contribution in [0.5, 0.6) is 0 Å². The Morgan fingerprint density at radius 2 is 1.64 bits per heavy atom. The summed E-state index contributed by atoms with van der Waals surface area (Å²) in [4.78, 5) is 30.0. The molecule has 0 bridgehead atoms. The van der Waals surface area contributed by atoms with Crippen molar-refractivity contribution in [2.24, 2.45) is 0 Å². The van der Waals surface area contributed by atoms with E-state index in [1.165, 1.54) is 13.3 Å². The van der Waals surface area contributed by atoms with Gasteiger partial charge in [-0.25, -0.2) is 9.97 Å². The highest BCUT2D eigenvalue weighted by Crippen LogP contribution is 2.32. The summed E-state index contributed by atoms with van der Waals surface area (Å²) in [7, 11) is 0. The van der Waals surface area contributed by atoms with Crippen LogP contribution in [0.15, 0.2) is 30.6 Å². The number of carbonyl (C=O) groups excluding carboxylic acids is 1. The number of anilines is 4. The third-order valence-electron chi connectivity index (χ3n) is 2.97. The minimum Gasteiger partial charge on any atom is -0.360 e. The van der Waals surface area contributed by atoms with E-state index < -0.39 is 10.5 Å². The zero-order chi connectivity index (χ0) is 18.6. The van der Waals surface area contributed by atoms with Crippen molar-refractivity contribution in [1.29, 1.82) is 0 Å². The molecule has 1 aromatic carbocycles. The van der Waals surface area contributed by atoms with Crippen molar-refractivity contribution in [3.05, 3.63) is 40.7 Å². The Balaban J connectivity index is 2.31. The summed E-state index contributed by atoms with van der Waals surface area (Å²) >= 11 is 0. The predicted molar refractivity (Wildman–Crippen MR) is 96.1 cm³/mol. The molecular weight excluding hydrogens is 324 g/mol. The number of benzene rings is 1. The number of hydrogen-bond donors (Lipinski definition) is 3. The number of hydrogen-bond acceptors (Lipinski definition) is 7. The number of nitrogens with zero attached hydrogens (tertiary/aromatic N) is 3. The lowest BCUT2D eigenvalue weighted by Gasteiger charge is -2.21. The van der Waals surface area contributed by atoms with Gasteiger partial charge in [-0.2, -0.15) is 0 Å². The summed E-state index contributed by atoms with van der Waals surface area (Å²) in [6.45, 7) is 7.06. The number of nitrogens with one attached hydrogen (secondary N) is 3. The Labute approximate surface area is 145 Å². The van der Waals surface area contributed by atoms with E-state index in [4.69, 9.17) is 0 Å². The Kier molecular flexibility index (Phi) is 5.16. The van der Waals surface area contributed by atoms with E-state index in [1.807, 2.05) is 20.8 Å². The third-order valence-corrected chi connectivity index (χ3v) is 2.97. The molecule has 0 saturated carbocycles. The molecular formula is C16H20N6O3. The van der Waals surface area contributed by atoms with E-state index in [1.54, 1.807) is 24.3 Å². The first-order valence-corrected chi connectivity index (χ1v) is 7.58. The molecule has 9 nitrogen and oxygen atoms in total. The molecule has 25 heavy (non-hydrogen) atoms. The molecule has 0 unspecified atom stereocenters. The average molecular weight is 344 g/mol. The fourth-order valence-electron chi connectivity index (χ4n) is 2.07. The third kappa shape index (κ3) is 5.13. The van der Waals surface area contributed by atoms with Gasteiger partial charge in [0, 0.05) is 23.8 Å². The van der Waals surface area contributed by atoms with Gasteiger partial charge in [-0.05, 0) is 45.0 Å². The molecule has 0 fully saturated rings. The van der Waals surface area contributed by atoms with Crippen LogP contribution in [0, 0.1) is 10.1 Å². The quantitative estimate of drug-likeness (QED) is 0.562. The maximum Gasteiger partial charge on any atom is 0.353 e. The first kappa shape index (κ1) is 18.1.